The first-order valence-corrected chi connectivity index (χ1v) is 12.6. The van der Waals surface area contributed by atoms with Gasteiger partial charge < -0.3 is 14.6 Å². The molecule has 0 saturated heterocycles. The Balaban J connectivity index is 1.22. The maximum absolute atomic E-state index is 14.8. The lowest BCUT2D eigenvalue weighted by molar-refractivity contribution is -0.137. The van der Waals surface area contributed by atoms with Crippen molar-refractivity contribution in [2.75, 3.05) is 6.61 Å². The average molecular weight is 532 g/mol. The maximum Gasteiger partial charge on any atom is 0.417 e. The number of aromatic nitrogens is 1. The van der Waals surface area contributed by atoms with Crippen LogP contribution in [0.5, 0.6) is 11.6 Å². The number of pyridine rings is 1. The molecule has 0 amide bonds. The fourth-order valence-electron chi connectivity index (χ4n) is 5.86. The van der Waals surface area contributed by atoms with E-state index in [1.54, 1.807) is 13.1 Å². The molecule has 38 heavy (non-hydrogen) atoms. The second kappa shape index (κ2) is 8.93. The summed E-state index contributed by atoms with van der Waals surface area (Å²) in [5.74, 6) is -0.418. The number of hydrogen-bond acceptors (Lipinski definition) is 4. The highest BCUT2D eigenvalue weighted by Gasteiger charge is 2.45. The summed E-state index contributed by atoms with van der Waals surface area (Å²) in [6.07, 6.45) is 0.0891. The summed E-state index contributed by atoms with van der Waals surface area (Å²) in [7, 11) is 0. The van der Waals surface area contributed by atoms with Gasteiger partial charge in [0.2, 0.25) is 5.88 Å². The lowest BCUT2D eigenvalue weighted by Crippen LogP contribution is -2.43. The number of ether oxygens (including phenoxy) is 2. The zero-order valence-electron chi connectivity index (χ0n) is 20.6. The second-order valence-corrected chi connectivity index (χ2v) is 11.0. The van der Waals surface area contributed by atoms with Gasteiger partial charge in [-0.2, -0.15) is 13.2 Å². The van der Waals surface area contributed by atoms with Gasteiger partial charge in [0.15, 0.2) is 11.6 Å². The number of nitrogens with zero attached hydrogens (tertiary/aromatic N) is 1. The molecule has 9 heteroatoms. The molecule has 2 atom stereocenters. The fraction of sp³-hybridized carbons (Fsp3) is 0.414. The van der Waals surface area contributed by atoms with Crippen molar-refractivity contribution in [1.82, 2.24) is 4.98 Å². The van der Waals surface area contributed by atoms with Gasteiger partial charge in [-0.05, 0) is 96.9 Å². The summed E-state index contributed by atoms with van der Waals surface area (Å²) in [4.78, 5) is 4.28. The van der Waals surface area contributed by atoms with Crippen LogP contribution in [0.4, 0.5) is 22.0 Å². The van der Waals surface area contributed by atoms with Crippen LogP contribution in [0.25, 0.3) is 11.1 Å². The summed E-state index contributed by atoms with van der Waals surface area (Å²) >= 11 is 0. The highest BCUT2D eigenvalue weighted by atomic mass is 19.4. The third-order valence-electron chi connectivity index (χ3n) is 7.85. The number of aliphatic hydroxyl groups is 1. The first-order chi connectivity index (χ1) is 18.0. The summed E-state index contributed by atoms with van der Waals surface area (Å²) in [6, 6.07) is 6.81. The summed E-state index contributed by atoms with van der Waals surface area (Å²) < 4.78 is 82.1. The summed E-state index contributed by atoms with van der Waals surface area (Å²) in [5.41, 5.74) is -0.130. The third-order valence-corrected chi connectivity index (χ3v) is 7.85. The van der Waals surface area contributed by atoms with Gasteiger partial charge in [0, 0.05) is 17.8 Å². The molecule has 6 rings (SSSR count). The van der Waals surface area contributed by atoms with Crippen molar-refractivity contribution in [2.45, 2.75) is 56.9 Å². The molecular formula is C29H26F5NO3. The average Bonchev–Trinajstić information content (AvgIpc) is 3.51. The van der Waals surface area contributed by atoms with Crippen molar-refractivity contribution in [3.8, 4) is 22.8 Å². The van der Waals surface area contributed by atoms with Gasteiger partial charge in [-0.1, -0.05) is 6.07 Å². The smallest absolute Gasteiger partial charge is 0.417 e. The molecule has 0 aliphatic heterocycles. The molecule has 3 aliphatic rings. The van der Waals surface area contributed by atoms with Gasteiger partial charge in [0.25, 0.3) is 0 Å². The lowest BCUT2D eigenvalue weighted by Gasteiger charge is -2.40. The van der Waals surface area contributed by atoms with E-state index in [1.165, 1.54) is 24.1 Å². The molecule has 2 aromatic carbocycles. The van der Waals surface area contributed by atoms with Gasteiger partial charge in [-0.3, -0.25) is 0 Å². The number of fused-ring (bicyclic) bond motifs is 3. The van der Waals surface area contributed by atoms with E-state index >= 15 is 0 Å². The first-order valence-electron chi connectivity index (χ1n) is 12.6. The van der Waals surface area contributed by atoms with Crippen molar-refractivity contribution >= 4 is 0 Å². The molecule has 0 spiro atoms. The van der Waals surface area contributed by atoms with E-state index in [4.69, 9.17) is 9.47 Å². The first kappa shape index (κ1) is 25.1. The van der Waals surface area contributed by atoms with E-state index < -0.39 is 29.0 Å². The largest absolute Gasteiger partial charge is 0.490 e. The normalized spacial score (nSPS) is 25.4. The number of alkyl halides is 3. The molecule has 0 bridgehead atoms. The van der Waals surface area contributed by atoms with Crippen LogP contribution < -0.4 is 9.47 Å². The maximum atomic E-state index is 14.8. The molecule has 2 fully saturated rings. The molecule has 3 aliphatic carbocycles. The van der Waals surface area contributed by atoms with E-state index in [1.807, 2.05) is 6.07 Å². The van der Waals surface area contributed by atoms with Crippen molar-refractivity contribution in [3.05, 3.63) is 76.5 Å². The summed E-state index contributed by atoms with van der Waals surface area (Å²) in [6.45, 7) is 1.57. The topological polar surface area (TPSA) is 51.6 Å². The highest BCUT2D eigenvalue weighted by molar-refractivity contribution is 5.70. The Kier molecular flexibility index (Phi) is 5.90. The van der Waals surface area contributed by atoms with Crippen LogP contribution in [0.1, 0.15) is 54.4 Å². The number of rotatable bonds is 7. The molecule has 1 heterocycles. The molecule has 2 saturated carbocycles. The van der Waals surface area contributed by atoms with Gasteiger partial charge in [0.05, 0.1) is 17.8 Å². The van der Waals surface area contributed by atoms with Crippen molar-refractivity contribution in [1.29, 1.82) is 0 Å². The molecule has 3 aromatic rings. The van der Waals surface area contributed by atoms with Gasteiger partial charge in [0.1, 0.15) is 12.4 Å². The third kappa shape index (κ3) is 4.84. The van der Waals surface area contributed by atoms with Crippen LogP contribution in [0.3, 0.4) is 0 Å². The van der Waals surface area contributed by atoms with E-state index in [9.17, 15) is 27.1 Å². The lowest BCUT2D eigenvalue weighted by atomic mass is 9.73. The van der Waals surface area contributed by atoms with Gasteiger partial charge in [-0.25, -0.2) is 13.8 Å². The monoisotopic (exact) mass is 531 g/mol. The molecule has 4 nitrogen and oxygen atoms in total. The minimum absolute atomic E-state index is 0.0649. The number of halogens is 5. The van der Waals surface area contributed by atoms with Crippen molar-refractivity contribution < 1.29 is 36.5 Å². The Bertz CT molecular complexity index is 1400. The van der Waals surface area contributed by atoms with Crippen LogP contribution >= 0.6 is 0 Å². The van der Waals surface area contributed by atoms with Crippen LogP contribution in [0.15, 0.2) is 42.6 Å². The fourth-order valence-corrected chi connectivity index (χ4v) is 5.86. The van der Waals surface area contributed by atoms with Crippen LogP contribution in [-0.2, 0) is 19.2 Å². The Morgan fingerprint density at radius 2 is 1.84 bits per heavy atom. The SMILES string of the molecule is CC1(O)CC(COc2ccc(-c3cc(COc4cc5c(cn4)C4CC4C5)c(F)cc3C(F)(F)F)cc2F)C1. The van der Waals surface area contributed by atoms with Crippen molar-refractivity contribution in [3.63, 3.8) is 0 Å². The summed E-state index contributed by atoms with van der Waals surface area (Å²) in [5, 5.41) is 9.82. The molecule has 200 valence electrons. The zero-order valence-corrected chi connectivity index (χ0v) is 20.6. The predicted octanol–water partition coefficient (Wildman–Crippen LogP) is 6.82. The van der Waals surface area contributed by atoms with E-state index in [0.717, 1.165) is 24.1 Å². The van der Waals surface area contributed by atoms with Crippen LogP contribution in [0, 0.1) is 23.5 Å². The molecule has 1 aromatic heterocycles. The van der Waals surface area contributed by atoms with Crippen LogP contribution in [0.2, 0.25) is 0 Å². The minimum atomic E-state index is -4.86. The predicted molar refractivity (Wildman–Crippen MR) is 129 cm³/mol. The molecular weight excluding hydrogens is 505 g/mol. The van der Waals surface area contributed by atoms with Crippen molar-refractivity contribution in [2.24, 2.45) is 11.8 Å². The van der Waals surface area contributed by atoms with E-state index in [0.29, 0.717) is 30.7 Å². The van der Waals surface area contributed by atoms with Crippen LogP contribution in [-0.4, -0.2) is 22.3 Å². The quantitative estimate of drug-likeness (QED) is 0.340. The molecule has 0 radical (unpaired) electrons. The van der Waals surface area contributed by atoms with Gasteiger partial charge in [-0.15, -0.1) is 0 Å². The number of benzene rings is 2. The standard InChI is InChI=1S/C29H26F5NO3/c1-28(36)10-15(11-28)13-37-26-3-2-16(7-25(26)31)21-6-19(24(30)9-23(21)29(32,33)34)14-38-27-8-18-4-17-5-20(17)22(18)12-35-27/h2-3,6-9,12,15,17,20,36H,4-5,10-11,13-14H2,1H3. The Hall–Kier alpha value is -3.20. The molecule has 2 unspecified atom stereocenters. The highest BCUT2D eigenvalue weighted by Crippen LogP contribution is 2.56. The molecule has 1 N–H and O–H groups in total. The van der Waals surface area contributed by atoms with E-state index in [2.05, 4.69) is 4.98 Å². The Labute approximate surface area is 216 Å². The zero-order chi connectivity index (χ0) is 26.8. The van der Waals surface area contributed by atoms with E-state index in [-0.39, 0.29) is 47.5 Å². The minimum Gasteiger partial charge on any atom is -0.490 e. The number of hydrogen-bond donors (Lipinski definition) is 1. The Morgan fingerprint density at radius 3 is 2.55 bits per heavy atom. The second-order valence-electron chi connectivity index (χ2n) is 11.0. The Morgan fingerprint density at radius 1 is 1.05 bits per heavy atom. The van der Waals surface area contributed by atoms with Gasteiger partial charge >= 0.3 is 6.18 Å².